The number of nitrogens with two attached hydrogens (primary N) is 1. The number of nitrogens with zero attached hydrogens (tertiary/aromatic N) is 4. The number of fused-ring (bicyclic) bond motifs is 1. The molecule has 0 radical (unpaired) electrons. The molecule has 1 aromatic heterocycles. The van der Waals surface area contributed by atoms with E-state index in [1.54, 1.807) is 16.9 Å². The Bertz CT molecular complexity index is 1090. The van der Waals surface area contributed by atoms with Crippen LogP contribution in [0.2, 0.25) is 0 Å². The minimum Gasteiger partial charge on any atom is -0.493 e. The lowest BCUT2D eigenvalue weighted by molar-refractivity contribution is -0.119. The molecule has 4 N–H and O–H groups in total. The molecule has 0 aliphatic carbocycles. The summed E-state index contributed by atoms with van der Waals surface area (Å²) >= 11 is 0. The fraction of sp³-hybridized carbons (Fsp3) is 0.412. The lowest BCUT2D eigenvalue weighted by Crippen LogP contribution is -2.44. The van der Waals surface area contributed by atoms with Crippen molar-refractivity contribution in [1.29, 1.82) is 0 Å². The van der Waals surface area contributed by atoms with Gasteiger partial charge in [0.05, 0.1) is 12.6 Å². The van der Waals surface area contributed by atoms with Gasteiger partial charge in [-0.2, -0.15) is 12.7 Å². The van der Waals surface area contributed by atoms with Crippen LogP contribution in [0.1, 0.15) is 6.42 Å². The highest BCUT2D eigenvalue weighted by molar-refractivity contribution is 7.87. The molecule has 14 heteroatoms. The first-order chi connectivity index (χ1) is 14.7. The molecule has 0 unspecified atom stereocenters. The van der Waals surface area contributed by atoms with Crippen LogP contribution >= 0.6 is 0 Å². The van der Waals surface area contributed by atoms with Crippen molar-refractivity contribution in [1.82, 2.24) is 19.0 Å². The quantitative estimate of drug-likeness (QED) is 0.495. The zero-order valence-corrected chi connectivity index (χ0v) is 17.5. The van der Waals surface area contributed by atoms with Crippen LogP contribution < -0.4 is 24.8 Å². The van der Waals surface area contributed by atoms with Crippen LogP contribution in [0.4, 0.5) is 10.6 Å². The summed E-state index contributed by atoms with van der Waals surface area (Å²) < 4.78 is 37.7. The normalized spacial score (nSPS) is 15.3. The van der Waals surface area contributed by atoms with Gasteiger partial charge >= 0.3 is 16.3 Å². The summed E-state index contributed by atoms with van der Waals surface area (Å²) in [5, 5.41) is 9.39. The van der Waals surface area contributed by atoms with Crippen molar-refractivity contribution >= 4 is 38.9 Å². The van der Waals surface area contributed by atoms with E-state index in [1.807, 2.05) is 4.90 Å². The second-order valence-corrected chi connectivity index (χ2v) is 8.30. The number of carboxylic acid groups (broad SMARTS) is 1. The van der Waals surface area contributed by atoms with Crippen LogP contribution in [0.3, 0.4) is 0 Å². The van der Waals surface area contributed by atoms with Crippen LogP contribution in [0.5, 0.6) is 11.5 Å². The van der Waals surface area contributed by atoms with E-state index in [0.717, 1.165) is 4.31 Å². The first-order valence-corrected chi connectivity index (χ1v) is 10.6. The van der Waals surface area contributed by atoms with E-state index in [4.69, 9.17) is 20.3 Å². The zero-order valence-electron chi connectivity index (χ0n) is 16.6. The van der Waals surface area contributed by atoms with E-state index in [2.05, 4.69) is 9.97 Å². The predicted octanol–water partition coefficient (Wildman–Crippen LogP) is -0.473. The molecule has 0 atom stereocenters. The third-order valence-electron chi connectivity index (χ3n) is 4.58. The Morgan fingerprint density at radius 1 is 1.19 bits per heavy atom. The van der Waals surface area contributed by atoms with Gasteiger partial charge in [0.2, 0.25) is 0 Å². The Morgan fingerprint density at radius 3 is 2.65 bits per heavy atom. The standard InChI is InChI=1S/C17H22N6O7S/c1-29-13-7-11-12(8-14(13)30-9-15(18)24)19-10-20-16(11)22-3-2-4-23(6-5-22)31(27,28)21-17(25)26/h7-8,10,21H,2-6,9H2,1H3,(H2,18,24)(H,25,26). The molecule has 3 rings (SSSR count). The van der Waals surface area contributed by atoms with Gasteiger partial charge in [-0.1, -0.05) is 0 Å². The van der Waals surface area contributed by atoms with Gasteiger partial charge in [0, 0.05) is 37.6 Å². The molecule has 2 amide bonds. The number of carbonyl (C=O) groups excluding carboxylic acids is 1. The second-order valence-electron chi connectivity index (χ2n) is 6.62. The minimum absolute atomic E-state index is 0.0745. The first-order valence-electron chi connectivity index (χ1n) is 9.21. The fourth-order valence-corrected chi connectivity index (χ4v) is 4.29. The minimum atomic E-state index is -4.13. The maximum atomic E-state index is 12.2. The maximum absolute atomic E-state index is 12.2. The third-order valence-corrected chi connectivity index (χ3v) is 6.06. The lowest BCUT2D eigenvalue weighted by Gasteiger charge is -2.23. The maximum Gasteiger partial charge on any atom is 0.419 e. The summed E-state index contributed by atoms with van der Waals surface area (Å²) in [5.74, 6) is 0.586. The molecule has 0 bridgehead atoms. The summed E-state index contributed by atoms with van der Waals surface area (Å²) in [6.07, 6.45) is 0.195. The monoisotopic (exact) mass is 454 g/mol. The van der Waals surface area contributed by atoms with Crippen molar-refractivity contribution in [3.05, 3.63) is 18.5 Å². The molecule has 1 saturated heterocycles. The number of ether oxygens (including phenoxy) is 2. The van der Waals surface area contributed by atoms with Gasteiger partial charge < -0.3 is 25.2 Å². The number of rotatable bonds is 7. The smallest absolute Gasteiger partial charge is 0.419 e. The lowest BCUT2D eigenvalue weighted by atomic mass is 10.2. The highest BCUT2D eigenvalue weighted by atomic mass is 32.2. The van der Waals surface area contributed by atoms with Gasteiger partial charge in [0.1, 0.15) is 12.1 Å². The second kappa shape index (κ2) is 9.18. The Kier molecular flexibility index (Phi) is 6.60. The summed E-state index contributed by atoms with van der Waals surface area (Å²) in [5.41, 5.74) is 5.66. The number of aromatic nitrogens is 2. The average Bonchev–Trinajstić information content (AvgIpc) is 2.97. The molecule has 2 heterocycles. The molecule has 168 valence electrons. The van der Waals surface area contributed by atoms with Crippen molar-refractivity contribution in [2.24, 2.45) is 5.73 Å². The van der Waals surface area contributed by atoms with Gasteiger partial charge in [-0.15, -0.1) is 0 Å². The molecule has 1 aliphatic rings. The summed E-state index contributed by atoms with van der Waals surface area (Å²) in [4.78, 5) is 32.3. The van der Waals surface area contributed by atoms with Gasteiger partial charge in [0.15, 0.2) is 18.1 Å². The van der Waals surface area contributed by atoms with Crippen LogP contribution in [0, 0.1) is 0 Å². The number of nitrogens with one attached hydrogen (secondary N) is 1. The topological polar surface area (TPSA) is 177 Å². The van der Waals surface area contributed by atoms with E-state index in [9.17, 15) is 18.0 Å². The van der Waals surface area contributed by atoms with Gasteiger partial charge in [-0.25, -0.2) is 19.5 Å². The van der Waals surface area contributed by atoms with E-state index >= 15 is 0 Å². The third kappa shape index (κ3) is 5.21. The van der Waals surface area contributed by atoms with E-state index in [1.165, 1.54) is 13.4 Å². The molecular weight excluding hydrogens is 432 g/mol. The molecule has 0 saturated carbocycles. The molecule has 1 aromatic carbocycles. The Labute approximate surface area is 177 Å². The van der Waals surface area contributed by atoms with E-state index in [0.29, 0.717) is 41.2 Å². The van der Waals surface area contributed by atoms with Gasteiger partial charge in [-0.3, -0.25) is 4.79 Å². The fourth-order valence-electron chi connectivity index (χ4n) is 3.24. The Morgan fingerprint density at radius 2 is 1.97 bits per heavy atom. The number of methoxy groups -OCH3 is 1. The van der Waals surface area contributed by atoms with Crippen molar-refractivity contribution in [2.75, 3.05) is 44.8 Å². The summed E-state index contributed by atoms with van der Waals surface area (Å²) in [7, 11) is -2.68. The number of benzene rings is 1. The first kappa shape index (κ1) is 22.3. The van der Waals surface area contributed by atoms with Crippen molar-refractivity contribution < 1.29 is 32.6 Å². The van der Waals surface area contributed by atoms with Gasteiger partial charge in [-0.05, 0) is 12.5 Å². The van der Waals surface area contributed by atoms with E-state index < -0.39 is 22.2 Å². The molecule has 31 heavy (non-hydrogen) atoms. The number of anilines is 1. The summed E-state index contributed by atoms with van der Waals surface area (Å²) in [6.45, 7) is 0.699. The average molecular weight is 454 g/mol. The van der Waals surface area contributed by atoms with Crippen molar-refractivity contribution in [3.63, 3.8) is 0 Å². The van der Waals surface area contributed by atoms with Crippen LogP contribution in [-0.2, 0) is 15.0 Å². The molecule has 2 aromatic rings. The SMILES string of the molecule is COc1cc2c(N3CCCN(S(=O)(=O)NC(=O)O)CC3)ncnc2cc1OCC(N)=O. The Hall–Kier alpha value is -3.39. The molecule has 13 nitrogen and oxygen atoms in total. The number of carbonyl (C=O) groups is 2. The Balaban J connectivity index is 1.88. The van der Waals surface area contributed by atoms with Crippen molar-refractivity contribution in [2.45, 2.75) is 6.42 Å². The van der Waals surface area contributed by atoms with Gasteiger partial charge in [0.25, 0.3) is 5.91 Å². The number of primary amides is 1. The number of hydrogen-bond acceptors (Lipinski definition) is 9. The van der Waals surface area contributed by atoms with Crippen LogP contribution in [-0.4, -0.2) is 79.7 Å². The largest absolute Gasteiger partial charge is 0.493 e. The van der Waals surface area contributed by atoms with Crippen molar-refractivity contribution in [3.8, 4) is 11.5 Å². The zero-order chi connectivity index (χ0) is 22.6. The highest BCUT2D eigenvalue weighted by Crippen LogP contribution is 2.35. The molecule has 1 fully saturated rings. The number of amides is 2. The van der Waals surface area contributed by atoms with Crippen LogP contribution in [0.15, 0.2) is 18.5 Å². The molecular formula is C17H22N6O7S. The molecule has 0 spiro atoms. The highest BCUT2D eigenvalue weighted by Gasteiger charge is 2.27. The number of hydrogen-bond donors (Lipinski definition) is 3. The van der Waals surface area contributed by atoms with E-state index in [-0.39, 0.29) is 26.2 Å². The van der Waals surface area contributed by atoms with Crippen LogP contribution in [0.25, 0.3) is 10.9 Å². The predicted molar refractivity (Wildman–Crippen MR) is 109 cm³/mol. The summed E-state index contributed by atoms with van der Waals surface area (Å²) in [6, 6.07) is 3.28. The molecule has 1 aliphatic heterocycles.